The van der Waals surface area contributed by atoms with Gasteiger partial charge in [0.15, 0.2) is 0 Å². The highest BCUT2D eigenvalue weighted by molar-refractivity contribution is 6.33. The van der Waals surface area contributed by atoms with Crippen molar-refractivity contribution < 1.29 is 0 Å². The molecule has 4 nitrogen and oxygen atoms in total. The van der Waals surface area contributed by atoms with E-state index in [-0.39, 0.29) is 5.56 Å². The maximum absolute atomic E-state index is 13.3. The fourth-order valence-corrected chi connectivity index (χ4v) is 4.11. The molecule has 0 atom stereocenters. The number of fused-ring (bicyclic) bond motifs is 2. The van der Waals surface area contributed by atoms with Crippen LogP contribution in [-0.4, -0.2) is 9.55 Å². The summed E-state index contributed by atoms with van der Waals surface area (Å²) in [5, 5.41) is 2.88. The van der Waals surface area contributed by atoms with Gasteiger partial charge in [0.2, 0.25) is 0 Å². The van der Waals surface area contributed by atoms with E-state index in [1.807, 2.05) is 67.6 Å². The summed E-state index contributed by atoms with van der Waals surface area (Å²) in [4.78, 5) is 29.2. The molecular formula is C25H17ClN2O2. The average Bonchev–Trinajstić information content (AvgIpc) is 2.74. The predicted octanol–water partition coefficient (Wildman–Crippen LogP) is 5.46. The van der Waals surface area contributed by atoms with E-state index in [0.29, 0.717) is 21.6 Å². The van der Waals surface area contributed by atoms with Gasteiger partial charge in [-0.3, -0.25) is 4.79 Å². The van der Waals surface area contributed by atoms with Crippen LogP contribution in [0.15, 0.2) is 88.5 Å². The number of halogens is 1. The third-order valence-corrected chi connectivity index (χ3v) is 5.67. The Hall–Kier alpha value is -3.63. The van der Waals surface area contributed by atoms with Crippen LogP contribution in [0.4, 0.5) is 0 Å². The van der Waals surface area contributed by atoms with Crippen molar-refractivity contribution in [1.29, 1.82) is 0 Å². The van der Waals surface area contributed by atoms with E-state index < -0.39 is 5.69 Å². The minimum Gasteiger partial charge on any atom is -0.306 e. The van der Waals surface area contributed by atoms with Gasteiger partial charge in [0.1, 0.15) is 0 Å². The molecule has 0 saturated carbocycles. The molecule has 0 aliphatic heterocycles. The number of rotatable bonds is 2. The van der Waals surface area contributed by atoms with Crippen molar-refractivity contribution in [2.75, 3.05) is 0 Å². The van der Waals surface area contributed by atoms with Gasteiger partial charge >= 0.3 is 5.69 Å². The number of hydrogen-bond donors (Lipinski definition) is 1. The maximum Gasteiger partial charge on any atom is 0.333 e. The number of benzene rings is 4. The van der Waals surface area contributed by atoms with Gasteiger partial charge in [-0.1, -0.05) is 65.7 Å². The molecule has 5 rings (SSSR count). The predicted molar refractivity (Wildman–Crippen MR) is 123 cm³/mol. The smallest absolute Gasteiger partial charge is 0.306 e. The molecule has 30 heavy (non-hydrogen) atoms. The second kappa shape index (κ2) is 7.01. The third-order valence-electron chi connectivity index (χ3n) is 5.34. The van der Waals surface area contributed by atoms with Gasteiger partial charge in [0.25, 0.3) is 5.56 Å². The van der Waals surface area contributed by atoms with E-state index in [9.17, 15) is 9.59 Å². The first-order valence-corrected chi connectivity index (χ1v) is 9.94. The summed E-state index contributed by atoms with van der Waals surface area (Å²) in [5.41, 5.74) is 2.96. The third kappa shape index (κ3) is 2.93. The molecule has 4 aromatic carbocycles. The molecule has 0 aliphatic rings. The van der Waals surface area contributed by atoms with Crippen LogP contribution in [0.2, 0.25) is 5.02 Å². The quantitative estimate of drug-likeness (QED) is 0.418. The van der Waals surface area contributed by atoms with Crippen molar-refractivity contribution in [2.24, 2.45) is 0 Å². The summed E-state index contributed by atoms with van der Waals surface area (Å²) in [6, 6.07) is 24.4. The van der Waals surface area contributed by atoms with Crippen molar-refractivity contribution in [3.8, 4) is 16.8 Å². The monoisotopic (exact) mass is 412 g/mol. The number of H-pyrrole nitrogens is 1. The van der Waals surface area contributed by atoms with Crippen LogP contribution in [0, 0.1) is 6.92 Å². The van der Waals surface area contributed by atoms with Crippen molar-refractivity contribution >= 4 is 33.3 Å². The molecule has 0 saturated heterocycles. The van der Waals surface area contributed by atoms with Gasteiger partial charge in [-0.25, -0.2) is 9.36 Å². The Balaban J connectivity index is 1.78. The van der Waals surface area contributed by atoms with Crippen LogP contribution in [-0.2, 0) is 0 Å². The number of aromatic amines is 1. The number of aromatic nitrogens is 2. The Morgan fingerprint density at radius 3 is 2.50 bits per heavy atom. The first kappa shape index (κ1) is 18.4. The summed E-state index contributed by atoms with van der Waals surface area (Å²) in [5.74, 6) is 0. The molecular weight excluding hydrogens is 396 g/mol. The molecule has 5 aromatic rings. The van der Waals surface area contributed by atoms with Crippen LogP contribution in [0.25, 0.3) is 38.5 Å². The van der Waals surface area contributed by atoms with Gasteiger partial charge in [0.05, 0.1) is 16.6 Å². The Kier molecular flexibility index (Phi) is 4.30. The first-order valence-electron chi connectivity index (χ1n) is 9.57. The van der Waals surface area contributed by atoms with Gasteiger partial charge in [-0.15, -0.1) is 0 Å². The lowest BCUT2D eigenvalue weighted by molar-refractivity contribution is 0.908. The highest BCUT2D eigenvalue weighted by Gasteiger charge is 2.13. The molecule has 0 fully saturated rings. The van der Waals surface area contributed by atoms with Gasteiger partial charge < -0.3 is 4.98 Å². The van der Waals surface area contributed by atoms with Gasteiger partial charge in [-0.2, -0.15) is 0 Å². The molecule has 0 amide bonds. The van der Waals surface area contributed by atoms with E-state index in [1.165, 1.54) is 4.57 Å². The fourth-order valence-electron chi connectivity index (χ4n) is 3.86. The zero-order valence-electron chi connectivity index (χ0n) is 16.1. The van der Waals surface area contributed by atoms with E-state index in [1.54, 1.807) is 18.2 Å². The van der Waals surface area contributed by atoms with Crippen LogP contribution in [0.3, 0.4) is 0 Å². The van der Waals surface area contributed by atoms with E-state index in [0.717, 1.165) is 27.5 Å². The molecule has 5 heteroatoms. The number of nitrogens with one attached hydrogen (secondary N) is 1. The number of aryl methyl sites for hydroxylation is 1. The summed E-state index contributed by atoms with van der Waals surface area (Å²) < 4.78 is 1.21. The zero-order chi connectivity index (χ0) is 20.8. The fraction of sp³-hybridized carbons (Fsp3) is 0.0400. The van der Waals surface area contributed by atoms with E-state index in [2.05, 4.69) is 4.98 Å². The maximum atomic E-state index is 13.3. The van der Waals surface area contributed by atoms with Crippen LogP contribution in [0.5, 0.6) is 0 Å². The minimum absolute atomic E-state index is 0.353. The van der Waals surface area contributed by atoms with Crippen LogP contribution >= 0.6 is 11.6 Å². The number of nitrogens with zero attached hydrogens (tertiary/aromatic N) is 1. The molecule has 0 unspecified atom stereocenters. The largest absolute Gasteiger partial charge is 0.333 e. The SMILES string of the molecule is Cc1ccc2cccc(-n3c(=O)[nH]c4cc(-c5ccccc5Cl)ccc4c3=O)c2c1. The van der Waals surface area contributed by atoms with Crippen LogP contribution in [0.1, 0.15) is 5.56 Å². The summed E-state index contributed by atoms with van der Waals surface area (Å²) in [7, 11) is 0. The topological polar surface area (TPSA) is 54.9 Å². The van der Waals surface area contributed by atoms with Crippen molar-refractivity contribution in [2.45, 2.75) is 6.92 Å². The van der Waals surface area contributed by atoms with Crippen molar-refractivity contribution in [1.82, 2.24) is 9.55 Å². The molecule has 1 aromatic heterocycles. The molecule has 0 radical (unpaired) electrons. The minimum atomic E-state index is -0.474. The normalized spacial score (nSPS) is 11.3. The molecule has 0 bridgehead atoms. The Bertz CT molecular complexity index is 1560. The molecule has 146 valence electrons. The lowest BCUT2D eigenvalue weighted by atomic mass is 10.0. The Morgan fingerprint density at radius 2 is 1.67 bits per heavy atom. The standard InChI is InChI=1S/C25H17ClN2O2/c1-15-9-10-16-5-4-8-23(20(16)13-15)28-24(29)19-12-11-17(14-22(19)27-25(28)30)18-6-2-3-7-21(18)26/h2-14H,1H3,(H,27,30). The number of hydrogen-bond acceptors (Lipinski definition) is 2. The van der Waals surface area contributed by atoms with E-state index in [4.69, 9.17) is 11.6 Å². The van der Waals surface area contributed by atoms with Crippen LogP contribution < -0.4 is 11.2 Å². The van der Waals surface area contributed by atoms with Crippen molar-refractivity contribution in [3.63, 3.8) is 0 Å². The lowest BCUT2D eigenvalue weighted by Crippen LogP contribution is -2.33. The Labute approximate surface area is 177 Å². The molecule has 0 spiro atoms. The highest BCUT2D eigenvalue weighted by atomic mass is 35.5. The second-order valence-electron chi connectivity index (χ2n) is 7.31. The Morgan fingerprint density at radius 1 is 0.833 bits per heavy atom. The van der Waals surface area contributed by atoms with Gasteiger partial charge in [0, 0.05) is 16.0 Å². The molecule has 1 N–H and O–H groups in total. The van der Waals surface area contributed by atoms with E-state index >= 15 is 0 Å². The molecule has 1 heterocycles. The lowest BCUT2D eigenvalue weighted by Gasteiger charge is -2.11. The zero-order valence-corrected chi connectivity index (χ0v) is 16.9. The first-order chi connectivity index (χ1) is 14.5. The summed E-state index contributed by atoms with van der Waals surface area (Å²) >= 11 is 6.31. The van der Waals surface area contributed by atoms with Gasteiger partial charge in [-0.05, 0) is 48.2 Å². The second-order valence-corrected chi connectivity index (χ2v) is 7.72. The molecule has 0 aliphatic carbocycles. The van der Waals surface area contributed by atoms with Crippen molar-refractivity contribution in [3.05, 3.63) is 110 Å². The highest BCUT2D eigenvalue weighted by Crippen LogP contribution is 2.29. The summed E-state index contributed by atoms with van der Waals surface area (Å²) in [6.07, 6.45) is 0. The average molecular weight is 413 g/mol. The summed E-state index contributed by atoms with van der Waals surface area (Å²) in [6.45, 7) is 1.99.